The summed E-state index contributed by atoms with van der Waals surface area (Å²) in [5.41, 5.74) is 0.106. The lowest BCUT2D eigenvalue weighted by Crippen LogP contribution is -2.47. The summed E-state index contributed by atoms with van der Waals surface area (Å²) in [6.07, 6.45) is 11.2. The Hall–Kier alpha value is -0.413. The van der Waals surface area contributed by atoms with E-state index >= 15 is 0 Å². The van der Waals surface area contributed by atoms with Crippen molar-refractivity contribution in [1.82, 2.24) is 0 Å². The molecule has 0 bridgehead atoms. The number of carbonyl (C=O) groups is 1. The van der Waals surface area contributed by atoms with Crippen molar-refractivity contribution in [2.24, 2.45) is 23.2 Å². The van der Waals surface area contributed by atoms with Gasteiger partial charge in [-0.15, -0.1) is 0 Å². The van der Waals surface area contributed by atoms with Gasteiger partial charge >= 0.3 is 0 Å². The summed E-state index contributed by atoms with van der Waals surface area (Å²) in [7, 11) is -1.76. The third kappa shape index (κ3) is 4.96. The minimum Gasteiger partial charge on any atom is -0.412 e. The molecule has 0 radical (unpaired) electrons. The van der Waals surface area contributed by atoms with E-state index in [1.165, 1.54) is 12.8 Å². The van der Waals surface area contributed by atoms with Gasteiger partial charge < -0.3 is 4.43 Å². The van der Waals surface area contributed by atoms with Gasteiger partial charge in [0, 0.05) is 12.3 Å². The normalized spacial score (nSPS) is 31.4. The number of hydrogen-bond donors (Lipinski definition) is 0. The topological polar surface area (TPSA) is 26.3 Å². The summed E-state index contributed by atoms with van der Waals surface area (Å²) in [5.74, 6) is 2.04. The van der Waals surface area contributed by atoms with Gasteiger partial charge in [0.25, 0.3) is 0 Å². The summed E-state index contributed by atoms with van der Waals surface area (Å²) >= 11 is 0. The predicted molar refractivity (Wildman–Crippen MR) is 118 cm³/mol. The Balaban J connectivity index is 1.98. The molecule has 0 spiro atoms. The first-order valence-electron chi connectivity index (χ1n) is 11.1. The first kappa shape index (κ1) is 22.9. The van der Waals surface area contributed by atoms with Crippen LogP contribution in [0.25, 0.3) is 0 Å². The zero-order valence-electron chi connectivity index (χ0n) is 19.4. The summed E-state index contributed by atoms with van der Waals surface area (Å²) < 4.78 is 6.66. The van der Waals surface area contributed by atoms with Gasteiger partial charge in [-0.1, -0.05) is 46.8 Å². The fourth-order valence-corrected chi connectivity index (χ4v) is 7.19. The van der Waals surface area contributed by atoms with Crippen LogP contribution in [-0.4, -0.2) is 19.7 Å². The van der Waals surface area contributed by atoms with E-state index in [-0.39, 0.29) is 16.1 Å². The molecular formula is C24H44O2Si. The van der Waals surface area contributed by atoms with Crippen molar-refractivity contribution in [2.45, 2.75) is 111 Å². The van der Waals surface area contributed by atoms with Crippen LogP contribution in [0.5, 0.6) is 0 Å². The van der Waals surface area contributed by atoms with Crippen LogP contribution in [0.2, 0.25) is 18.1 Å². The molecule has 2 saturated carbocycles. The van der Waals surface area contributed by atoms with Gasteiger partial charge in [-0.25, -0.2) is 0 Å². The molecule has 0 N–H and O–H groups in total. The molecule has 2 nitrogen and oxygen atoms in total. The molecular weight excluding hydrogens is 348 g/mol. The Bertz CT molecular complexity index is 569. The molecule has 0 saturated heterocycles. The zero-order valence-corrected chi connectivity index (χ0v) is 20.4. The van der Waals surface area contributed by atoms with E-state index < -0.39 is 8.32 Å². The molecule has 4 atom stereocenters. The molecule has 2 fully saturated rings. The van der Waals surface area contributed by atoms with Crippen molar-refractivity contribution in [2.75, 3.05) is 0 Å². The number of carbonyl (C=O) groups excluding carboxylic acids is 1. The largest absolute Gasteiger partial charge is 0.412 e. The quantitative estimate of drug-likeness (QED) is 0.354. The number of rotatable bonds is 6. The molecule has 0 heterocycles. The van der Waals surface area contributed by atoms with Gasteiger partial charge in [0.05, 0.1) is 5.60 Å². The molecule has 0 unspecified atom stereocenters. The van der Waals surface area contributed by atoms with Crippen LogP contribution in [0.3, 0.4) is 0 Å². The monoisotopic (exact) mass is 392 g/mol. The highest BCUT2D eigenvalue weighted by Gasteiger charge is 2.52. The summed E-state index contributed by atoms with van der Waals surface area (Å²) in [4.78, 5) is 12.4. The van der Waals surface area contributed by atoms with Gasteiger partial charge in [0.15, 0.2) is 8.32 Å². The average molecular weight is 393 g/mol. The van der Waals surface area contributed by atoms with E-state index in [1.54, 1.807) is 0 Å². The third-order valence-corrected chi connectivity index (χ3v) is 12.6. The molecule has 27 heavy (non-hydrogen) atoms. The minimum absolute atomic E-state index is 0.123. The fraction of sp³-hybridized carbons (Fsp3) is 0.875. The lowest BCUT2D eigenvalue weighted by Gasteiger charge is -2.43. The van der Waals surface area contributed by atoms with Crippen molar-refractivity contribution in [3.8, 4) is 0 Å². The van der Waals surface area contributed by atoms with Gasteiger partial charge in [0.2, 0.25) is 0 Å². The Morgan fingerprint density at radius 1 is 1.22 bits per heavy atom. The molecule has 3 heteroatoms. The fourth-order valence-electron chi connectivity index (χ4n) is 5.42. The molecule has 2 aliphatic carbocycles. The van der Waals surface area contributed by atoms with E-state index in [4.69, 9.17) is 4.43 Å². The molecule has 156 valence electrons. The molecule has 2 rings (SSSR count). The average Bonchev–Trinajstić information content (AvgIpc) is 2.83. The van der Waals surface area contributed by atoms with Crippen LogP contribution in [0.1, 0.15) is 87.0 Å². The second kappa shape index (κ2) is 7.78. The Labute approximate surface area is 169 Å². The van der Waals surface area contributed by atoms with Crippen LogP contribution in [0, 0.1) is 23.2 Å². The standard InChI is InChI=1S/C24H44O2Si/c1-18(19-14-15-20-21(25)13-11-17-24(19,20)7)12-10-16-23(5,6)26-27(8,9)22(2,3)4/h10,12,18-20H,11,13-17H2,1-9H3/b12-10+/t18-,19+,20-,24+/m0/s1. The number of hydrogen-bond acceptors (Lipinski definition) is 2. The number of Topliss-reactive ketones (excluding diaryl/α,β-unsaturated/α-hetero) is 1. The first-order chi connectivity index (χ1) is 12.2. The Morgan fingerprint density at radius 2 is 1.85 bits per heavy atom. The van der Waals surface area contributed by atoms with Gasteiger partial charge in [-0.3, -0.25) is 4.79 Å². The zero-order chi connectivity index (χ0) is 20.7. The van der Waals surface area contributed by atoms with Crippen molar-refractivity contribution >= 4 is 14.1 Å². The SMILES string of the molecule is C[C@@H](/C=C/CC(C)(C)O[Si](C)(C)C(C)(C)C)[C@H]1CC[C@H]2C(=O)CCC[C@]12C. The Morgan fingerprint density at radius 3 is 2.44 bits per heavy atom. The second-order valence-corrected chi connectivity index (χ2v) is 16.4. The highest BCUT2D eigenvalue weighted by molar-refractivity contribution is 6.74. The van der Waals surface area contributed by atoms with Crippen LogP contribution >= 0.6 is 0 Å². The lowest BCUT2D eigenvalue weighted by atomic mass is 9.62. The van der Waals surface area contributed by atoms with Crippen molar-refractivity contribution in [3.63, 3.8) is 0 Å². The Kier molecular flexibility index (Phi) is 6.59. The van der Waals surface area contributed by atoms with Gasteiger partial charge in [0.1, 0.15) is 5.78 Å². The minimum atomic E-state index is -1.76. The summed E-state index contributed by atoms with van der Waals surface area (Å²) in [6, 6.07) is 0. The smallest absolute Gasteiger partial charge is 0.192 e. The van der Waals surface area contributed by atoms with Crippen LogP contribution < -0.4 is 0 Å². The lowest BCUT2D eigenvalue weighted by molar-refractivity contribution is -0.129. The maximum absolute atomic E-state index is 12.4. The van der Waals surface area contributed by atoms with Crippen molar-refractivity contribution in [3.05, 3.63) is 12.2 Å². The second-order valence-electron chi connectivity index (χ2n) is 11.7. The highest BCUT2D eigenvalue weighted by Crippen LogP contribution is 2.56. The predicted octanol–water partition coefficient (Wildman–Crippen LogP) is 7.15. The molecule has 0 aliphatic heterocycles. The van der Waals surface area contributed by atoms with Crippen molar-refractivity contribution < 1.29 is 9.22 Å². The maximum Gasteiger partial charge on any atom is 0.192 e. The van der Waals surface area contributed by atoms with Crippen molar-refractivity contribution in [1.29, 1.82) is 0 Å². The number of allylic oxidation sites excluding steroid dienone is 1. The molecule has 0 aromatic heterocycles. The molecule has 2 aliphatic rings. The van der Waals surface area contributed by atoms with Crippen LogP contribution in [0.15, 0.2) is 12.2 Å². The molecule has 0 aromatic carbocycles. The van der Waals surface area contributed by atoms with Gasteiger partial charge in [-0.2, -0.15) is 0 Å². The maximum atomic E-state index is 12.4. The van der Waals surface area contributed by atoms with E-state index in [1.807, 2.05) is 0 Å². The van der Waals surface area contributed by atoms with E-state index in [2.05, 4.69) is 73.7 Å². The van der Waals surface area contributed by atoms with E-state index in [9.17, 15) is 4.79 Å². The number of ketones is 1. The van der Waals surface area contributed by atoms with Crippen LogP contribution in [0.4, 0.5) is 0 Å². The first-order valence-corrected chi connectivity index (χ1v) is 14.0. The van der Waals surface area contributed by atoms with E-state index in [0.717, 1.165) is 25.7 Å². The molecule has 0 amide bonds. The molecule has 0 aromatic rings. The summed E-state index contributed by atoms with van der Waals surface area (Å²) in [6.45, 7) is 20.8. The van der Waals surface area contributed by atoms with Crippen LogP contribution in [-0.2, 0) is 9.22 Å². The third-order valence-electron chi connectivity index (χ3n) is 7.96. The summed E-state index contributed by atoms with van der Waals surface area (Å²) in [5, 5.41) is 0.238. The number of fused-ring (bicyclic) bond motifs is 1. The highest BCUT2D eigenvalue weighted by atomic mass is 28.4. The van der Waals surface area contributed by atoms with E-state index in [0.29, 0.717) is 23.5 Å². The van der Waals surface area contributed by atoms with Gasteiger partial charge in [-0.05, 0) is 81.3 Å².